The fourth-order valence-electron chi connectivity index (χ4n) is 3.77. The van der Waals surface area contributed by atoms with E-state index in [0.717, 1.165) is 18.7 Å². The predicted octanol–water partition coefficient (Wildman–Crippen LogP) is 2.13. The first-order valence-corrected chi connectivity index (χ1v) is 10.3. The van der Waals surface area contributed by atoms with Gasteiger partial charge in [0.25, 0.3) is 5.92 Å². The van der Waals surface area contributed by atoms with Gasteiger partial charge in [0, 0.05) is 31.3 Å². The van der Waals surface area contributed by atoms with Crippen LogP contribution in [-0.4, -0.2) is 45.7 Å². The van der Waals surface area contributed by atoms with Crippen molar-refractivity contribution in [2.24, 2.45) is 5.92 Å². The Balaban J connectivity index is 1.48. The highest BCUT2D eigenvalue weighted by Gasteiger charge is 2.45. The number of hydrogen-bond donors (Lipinski definition) is 0. The number of alkyl halides is 2. The van der Waals surface area contributed by atoms with Crippen LogP contribution in [0.1, 0.15) is 56.1 Å². The minimum Gasteiger partial charge on any atom is -0.312 e. The van der Waals surface area contributed by atoms with Crippen molar-refractivity contribution in [3.63, 3.8) is 0 Å². The third-order valence-corrected chi connectivity index (χ3v) is 7.33. The van der Waals surface area contributed by atoms with Gasteiger partial charge in [0.05, 0.1) is 12.3 Å². The lowest BCUT2D eigenvalue weighted by Crippen LogP contribution is -2.44. The molecule has 0 amide bonds. The Hall–Kier alpha value is -1.09. The largest absolute Gasteiger partial charge is 0.312 e. The maximum absolute atomic E-state index is 14.0. The van der Waals surface area contributed by atoms with E-state index in [-0.39, 0.29) is 19.4 Å². The summed E-state index contributed by atoms with van der Waals surface area (Å²) >= 11 is 0. The number of sulfonamides is 1. The molecule has 0 N–H and O–H groups in total. The van der Waals surface area contributed by atoms with Crippen LogP contribution in [0.4, 0.5) is 8.78 Å². The summed E-state index contributed by atoms with van der Waals surface area (Å²) in [7, 11) is -3.72. The van der Waals surface area contributed by atoms with Gasteiger partial charge in [0.1, 0.15) is 11.6 Å². The van der Waals surface area contributed by atoms with Crippen LogP contribution in [0.5, 0.6) is 0 Å². The van der Waals surface area contributed by atoms with Crippen LogP contribution in [0.2, 0.25) is 0 Å². The highest BCUT2D eigenvalue weighted by Crippen LogP contribution is 2.41. The second kappa shape index (κ2) is 5.72. The summed E-state index contributed by atoms with van der Waals surface area (Å²) in [6.45, 7) is 0.959. The summed E-state index contributed by atoms with van der Waals surface area (Å²) < 4.78 is 56.6. The van der Waals surface area contributed by atoms with Crippen molar-refractivity contribution in [3.8, 4) is 0 Å². The third kappa shape index (κ3) is 2.96. The quantitative estimate of drug-likeness (QED) is 0.825. The average Bonchev–Trinajstić information content (AvgIpc) is 3.28. The van der Waals surface area contributed by atoms with Crippen molar-refractivity contribution in [1.82, 2.24) is 19.1 Å². The lowest BCUT2D eigenvalue weighted by Gasteiger charge is -2.33. The van der Waals surface area contributed by atoms with E-state index in [2.05, 4.69) is 10.2 Å². The number of aromatic nitrogens is 3. The molecule has 2 fully saturated rings. The standard InChI is InChI=1S/C15H22F2N4O2S/c16-15(17)6-2-1-3-12(15)10-24(22,23)20-7-8-21-13(9-20)18-19-14(21)11-4-5-11/h11-12H,1-10H2. The molecule has 0 radical (unpaired) electrons. The van der Waals surface area contributed by atoms with Gasteiger partial charge in [-0.15, -0.1) is 10.2 Å². The molecule has 9 heteroatoms. The van der Waals surface area contributed by atoms with Crippen LogP contribution in [0.15, 0.2) is 0 Å². The lowest BCUT2D eigenvalue weighted by atomic mass is 9.87. The van der Waals surface area contributed by atoms with E-state index in [1.54, 1.807) is 0 Å². The molecule has 1 aromatic rings. The minimum absolute atomic E-state index is 0.139. The van der Waals surface area contributed by atoms with Gasteiger partial charge in [-0.3, -0.25) is 0 Å². The zero-order valence-electron chi connectivity index (χ0n) is 13.5. The lowest BCUT2D eigenvalue weighted by molar-refractivity contribution is -0.0773. The molecule has 2 aliphatic carbocycles. The van der Waals surface area contributed by atoms with E-state index in [0.29, 0.717) is 37.7 Å². The summed E-state index contributed by atoms with van der Waals surface area (Å²) in [4.78, 5) is 0. The molecule has 0 saturated heterocycles. The van der Waals surface area contributed by atoms with Crippen LogP contribution in [0, 0.1) is 5.92 Å². The van der Waals surface area contributed by atoms with Crippen molar-refractivity contribution in [3.05, 3.63) is 11.6 Å². The van der Waals surface area contributed by atoms with Crippen LogP contribution >= 0.6 is 0 Å². The number of halogens is 2. The topological polar surface area (TPSA) is 68.1 Å². The van der Waals surface area contributed by atoms with Crippen molar-refractivity contribution >= 4 is 10.0 Å². The molecular weight excluding hydrogens is 338 g/mol. The van der Waals surface area contributed by atoms with Crippen LogP contribution in [-0.2, 0) is 23.1 Å². The zero-order chi connectivity index (χ0) is 16.9. The summed E-state index contributed by atoms with van der Waals surface area (Å²) in [5, 5.41) is 8.30. The van der Waals surface area contributed by atoms with Gasteiger partial charge in [-0.2, -0.15) is 4.31 Å². The SMILES string of the molecule is O=S(=O)(CC1CCCCC1(F)F)N1CCn2c(nnc2C2CC2)C1. The van der Waals surface area contributed by atoms with Gasteiger partial charge in [0.15, 0.2) is 0 Å². The van der Waals surface area contributed by atoms with E-state index in [1.165, 1.54) is 4.31 Å². The monoisotopic (exact) mass is 360 g/mol. The van der Waals surface area contributed by atoms with E-state index in [4.69, 9.17) is 0 Å². The van der Waals surface area contributed by atoms with Crippen molar-refractivity contribution < 1.29 is 17.2 Å². The van der Waals surface area contributed by atoms with E-state index < -0.39 is 27.6 Å². The maximum atomic E-state index is 14.0. The average molecular weight is 360 g/mol. The molecule has 1 aliphatic heterocycles. The minimum atomic E-state index is -3.72. The number of rotatable bonds is 4. The molecule has 6 nitrogen and oxygen atoms in total. The Labute approximate surface area is 140 Å². The first-order chi connectivity index (χ1) is 11.4. The van der Waals surface area contributed by atoms with Crippen LogP contribution in [0.25, 0.3) is 0 Å². The summed E-state index contributed by atoms with van der Waals surface area (Å²) in [6, 6.07) is 0. The molecule has 0 bridgehead atoms. The Morgan fingerprint density at radius 2 is 1.92 bits per heavy atom. The third-order valence-electron chi connectivity index (χ3n) is 5.40. The van der Waals surface area contributed by atoms with Crippen LogP contribution < -0.4 is 0 Å². The molecule has 2 heterocycles. The number of fused-ring (bicyclic) bond motifs is 1. The molecular formula is C15H22F2N4O2S. The first-order valence-electron chi connectivity index (χ1n) is 8.64. The maximum Gasteiger partial charge on any atom is 0.251 e. The molecule has 1 unspecified atom stereocenters. The molecule has 4 rings (SSSR count). The van der Waals surface area contributed by atoms with Gasteiger partial charge in [0.2, 0.25) is 10.0 Å². The molecule has 0 spiro atoms. The second-order valence-corrected chi connectivity index (χ2v) is 9.23. The molecule has 0 aromatic carbocycles. The smallest absolute Gasteiger partial charge is 0.251 e. The Morgan fingerprint density at radius 1 is 1.12 bits per heavy atom. The Kier molecular flexibility index (Phi) is 3.91. The molecule has 24 heavy (non-hydrogen) atoms. The van der Waals surface area contributed by atoms with Crippen molar-refractivity contribution in [1.29, 1.82) is 0 Å². The van der Waals surface area contributed by atoms with E-state index in [1.807, 2.05) is 4.57 Å². The summed E-state index contributed by atoms with van der Waals surface area (Å²) in [5.74, 6) is -2.39. The number of nitrogens with zero attached hydrogens (tertiary/aromatic N) is 4. The fraction of sp³-hybridized carbons (Fsp3) is 0.867. The molecule has 1 atom stereocenters. The van der Waals surface area contributed by atoms with Gasteiger partial charge >= 0.3 is 0 Å². The highest BCUT2D eigenvalue weighted by molar-refractivity contribution is 7.89. The van der Waals surface area contributed by atoms with Crippen molar-refractivity contribution in [2.75, 3.05) is 12.3 Å². The molecule has 134 valence electrons. The molecule has 3 aliphatic rings. The molecule has 2 saturated carbocycles. The van der Waals surface area contributed by atoms with Crippen molar-refractivity contribution in [2.45, 2.75) is 63.5 Å². The summed E-state index contributed by atoms with van der Waals surface area (Å²) in [5.41, 5.74) is 0. The predicted molar refractivity (Wildman–Crippen MR) is 83.1 cm³/mol. The Bertz CT molecular complexity index is 730. The Morgan fingerprint density at radius 3 is 2.62 bits per heavy atom. The van der Waals surface area contributed by atoms with E-state index in [9.17, 15) is 17.2 Å². The molecule has 1 aromatic heterocycles. The highest BCUT2D eigenvalue weighted by atomic mass is 32.2. The van der Waals surface area contributed by atoms with Gasteiger partial charge in [-0.1, -0.05) is 6.42 Å². The fourth-order valence-corrected chi connectivity index (χ4v) is 5.57. The zero-order valence-corrected chi connectivity index (χ0v) is 14.3. The van der Waals surface area contributed by atoms with E-state index >= 15 is 0 Å². The second-order valence-electron chi connectivity index (χ2n) is 7.22. The van der Waals surface area contributed by atoms with Gasteiger partial charge in [-0.05, 0) is 25.7 Å². The summed E-state index contributed by atoms with van der Waals surface area (Å²) in [6.07, 6.45) is 3.44. The first kappa shape index (κ1) is 16.4. The van der Waals surface area contributed by atoms with Gasteiger partial charge in [-0.25, -0.2) is 17.2 Å². The number of hydrogen-bond acceptors (Lipinski definition) is 4. The van der Waals surface area contributed by atoms with Gasteiger partial charge < -0.3 is 4.57 Å². The van der Waals surface area contributed by atoms with Crippen LogP contribution in [0.3, 0.4) is 0 Å². The normalized spacial score (nSPS) is 27.8.